The molecule has 3 nitrogen and oxygen atoms in total. The topological polar surface area (TPSA) is 50.9 Å². The van der Waals surface area contributed by atoms with Crippen LogP contribution in [0, 0.1) is 12.7 Å². The lowest BCUT2D eigenvalue weighted by Crippen LogP contribution is -1.98. The highest BCUT2D eigenvalue weighted by molar-refractivity contribution is 9.10. The smallest absolute Gasteiger partial charge is 0.144 e. The Hall–Kier alpha value is -1.62. The van der Waals surface area contributed by atoms with Gasteiger partial charge in [-0.2, -0.15) is 0 Å². The molecule has 5 heteroatoms. The number of halogens is 2. The summed E-state index contributed by atoms with van der Waals surface area (Å²) in [6, 6.07) is 6.30. The van der Waals surface area contributed by atoms with Crippen molar-refractivity contribution in [2.45, 2.75) is 6.92 Å². The molecule has 0 atom stereocenters. The summed E-state index contributed by atoms with van der Waals surface area (Å²) in [5.74, 6) is 0.395. The van der Waals surface area contributed by atoms with Crippen LogP contribution < -0.4 is 11.1 Å². The third kappa shape index (κ3) is 2.74. The molecule has 0 aliphatic carbocycles. The number of anilines is 3. The molecule has 0 bridgehead atoms. The van der Waals surface area contributed by atoms with Gasteiger partial charge in [0.05, 0.1) is 16.4 Å². The van der Waals surface area contributed by atoms with Crippen molar-refractivity contribution in [3.8, 4) is 0 Å². The van der Waals surface area contributed by atoms with Crippen LogP contribution in [-0.4, -0.2) is 4.98 Å². The van der Waals surface area contributed by atoms with Crippen LogP contribution in [0.4, 0.5) is 21.6 Å². The molecule has 0 unspecified atom stereocenters. The van der Waals surface area contributed by atoms with E-state index in [9.17, 15) is 4.39 Å². The average Bonchev–Trinajstić information content (AvgIpc) is 2.25. The number of aryl methyl sites for hydroxylation is 1. The summed E-state index contributed by atoms with van der Waals surface area (Å²) in [5.41, 5.74) is 7.81. The number of rotatable bonds is 2. The van der Waals surface area contributed by atoms with Crippen LogP contribution in [0.5, 0.6) is 0 Å². The Balaban J connectivity index is 2.31. The maximum absolute atomic E-state index is 12.9. The molecular formula is C12H11BrFN3. The second-order valence-electron chi connectivity index (χ2n) is 3.68. The first-order chi connectivity index (χ1) is 8.06. The zero-order valence-electron chi connectivity index (χ0n) is 9.17. The van der Waals surface area contributed by atoms with Crippen LogP contribution in [0.2, 0.25) is 0 Å². The molecule has 1 aromatic carbocycles. The number of benzene rings is 1. The maximum atomic E-state index is 12.9. The molecule has 0 amide bonds. The monoisotopic (exact) mass is 295 g/mol. The molecule has 2 aromatic rings. The quantitative estimate of drug-likeness (QED) is 0.890. The molecule has 17 heavy (non-hydrogen) atoms. The third-order valence-electron chi connectivity index (χ3n) is 2.30. The molecular weight excluding hydrogens is 285 g/mol. The van der Waals surface area contributed by atoms with Crippen molar-refractivity contribution < 1.29 is 4.39 Å². The van der Waals surface area contributed by atoms with Gasteiger partial charge >= 0.3 is 0 Å². The average molecular weight is 296 g/mol. The minimum atomic E-state index is -0.252. The van der Waals surface area contributed by atoms with Gasteiger partial charge in [0, 0.05) is 5.69 Å². The Morgan fingerprint density at radius 3 is 2.76 bits per heavy atom. The number of hydrogen-bond acceptors (Lipinski definition) is 3. The minimum Gasteiger partial charge on any atom is -0.397 e. The van der Waals surface area contributed by atoms with Crippen LogP contribution in [0.3, 0.4) is 0 Å². The Labute approximate surface area is 107 Å². The molecule has 3 N–H and O–H groups in total. The molecule has 1 heterocycles. The molecule has 88 valence electrons. The summed E-state index contributed by atoms with van der Waals surface area (Å²) < 4.78 is 13.7. The van der Waals surface area contributed by atoms with Crippen molar-refractivity contribution >= 4 is 33.1 Å². The van der Waals surface area contributed by atoms with Gasteiger partial charge < -0.3 is 11.1 Å². The fourth-order valence-corrected chi connectivity index (χ4v) is 1.91. The minimum absolute atomic E-state index is 0.252. The summed E-state index contributed by atoms with van der Waals surface area (Å²) in [7, 11) is 0. The third-order valence-corrected chi connectivity index (χ3v) is 2.91. The molecule has 0 aliphatic rings. The van der Waals surface area contributed by atoms with Gasteiger partial charge in [-0.3, -0.25) is 0 Å². The van der Waals surface area contributed by atoms with Crippen molar-refractivity contribution in [2.75, 3.05) is 11.1 Å². The predicted molar refractivity (Wildman–Crippen MR) is 70.8 cm³/mol. The molecule has 0 saturated heterocycles. The number of nitrogens with one attached hydrogen (secondary N) is 1. The van der Waals surface area contributed by atoms with Crippen molar-refractivity contribution in [3.63, 3.8) is 0 Å². The largest absolute Gasteiger partial charge is 0.397 e. The first-order valence-corrected chi connectivity index (χ1v) is 5.80. The normalized spacial score (nSPS) is 10.3. The van der Waals surface area contributed by atoms with E-state index in [4.69, 9.17) is 5.73 Å². The van der Waals surface area contributed by atoms with Crippen LogP contribution in [0.25, 0.3) is 0 Å². The van der Waals surface area contributed by atoms with E-state index in [1.165, 1.54) is 12.1 Å². The summed E-state index contributed by atoms with van der Waals surface area (Å²) >= 11 is 3.36. The van der Waals surface area contributed by atoms with Crippen molar-refractivity contribution in [2.24, 2.45) is 0 Å². The van der Waals surface area contributed by atoms with E-state index in [0.717, 1.165) is 15.7 Å². The highest BCUT2D eigenvalue weighted by Gasteiger charge is 2.05. The van der Waals surface area contributed by atoms with E-state index in [-0.39, 0.29) is 5.82 Å². The molecule has 0 radical (unpaired) electrons. The summed E-state index contributed by atoms with van der Waals surface area (Å²) in [4.78, 5) is 4.16. The SMILES string of the molecule is Cc1cc(F)ccc1Nc1ncc(N)cc1Br. The number of nitrogens with zero attached hydrogens (tertiary/aromatic N) is 1. The van der Waals surface area contributed by atoms with E-state index in [1.807, 2.05) is 6.92 Å². The van der Waals surface area contributed by atoms with Gasteiger partial charge in [-0.25, -0.2) is 9.37 Å². The lowest BCUT2D eigenvalue weighted by atomic mass is 10.2. The Morgan fingerprint density at radius 2 is 2.12 bits per heavy atom. The van der Waals surface area contributed by atoms with Gasteiger partial charge in [0.1, 0.15) is 11.6 Å². The highest BCUT2D eigenvalue weighted by atomic mass is 79.9. The number of nitrogens with two attached hydrogens (primary N) is 1. The van der Waals surface area contributed by atoms with Crippen LogP contribution in [0.1, 0.15) is 5.56 Å². The van der Waals surface area contributed by atoms with E-state index in [0.29, 0.717) is 11.5 Å². The molecule has 1 aromatic heterocycles. The van der Waals surface area contributed by atoms with Crippen LogP contribution in [-0.2, 0) is 0 Å². The zero-order valence-corrected chi connectivity index (χ0v) is 10.8. The zero-order chi connectivity index (χ0) is 12.4. The number of pyridine rings is 1. The predicted octanol–water partition coefficient (Wildman–Crippen LogP) is 3.62. The van der Waals surface area contributed by atoms with Crippen LogP contribution >= 0.6 is 15.9 Å². The molecule has 0 fully saturated rings. The highest BCUT2D eigenvalue weighted by Crippen LogP contribution is 2.26. The van der Waals surface area contributed by atoms with Gasteiger partial charge in [0.2, 0.25) is 0 Å². The lowest BCUT2D eigenvalue weighted by molar-refractivity contribution is 0.627. The van der Waals surface area contributed by atoms with Gasteiger partial charge in [-0.1, -0.05) is 0 Å². The second kappa shape index (κ2) is 4.71. The number of hydrogen-bond donors (Lipinski definition) is 2. The van der Waals surface area contributed by atoms with E-state index in [2.05, 4.69) is 26.2 Å². The van der Waals surface area contributed by atoms with Gasteiger partial charge in [-0.15, -0.1) is 0 Å². The Bertz CT molecular complexity index is 508. The fraction of sp³-hybridized carbons (Fsp3) is 0.0833. The standard InChI is InChI=1S/C12H11BrFN3/c1-7-4-8(14)2-3-11(7)17-12-10(13)5-9(15)6-16-12/h2-6H,15H2,1H3,(H,16,17). The molecule has 0 spiro atoms. The van der Waals surface area contributed by atoms with Gasteiger partial charge in [0.15, 0.2) is 0 Å². The van der Waals surface area contributed by atoms with Crippen LogP contribution in [0.15, 0.2) is 34.9 Å². The first-order valence-electron chi connectivity index (χ1n) is 5.00. The molecule has 0 aliphatic heterocycles. The summed E-state index contributed by atoms with van der Waals surface area (Å²) in [6.45, 7) is 1.83. The summed E-state index contributed by atoms with van der Waals surface area (Å²) in [5, 5.41) is 3.11. The molecule has 2 rings (SSSR count). The van der Waals surface area contributed by atoms with E-state index in [1.54, 1.807) is 18.3 Å². The van der Waals surface area contributed by atoms with Crippen molar-refractivity contribution in [1.29, 1.82) is 0 Å². The van der Waals surface area contributed by atoms with Crippen molar-refractivity contribution in [3.05, 3.63) is 46.3 Å². The number of aromatic nitrogens is 1. The van der Waals surface area contributed by atoms with E-state index >= 15 is 0 Å². The maximum Gasteiger partial charge on any atom is 0.144 e. The van der Waals surface area contributed by atoms with E-state index < -0.39 is 0 Å². The van der Waals surface area contributed by atoms with Gasteiger partial charge in [0.25, 0.3) is 0 Å². The Kier molecular flexibility index (Phi) is 3.28. The van der Waals surface area contributed by atoms with Gasteiger partial charge in [-0.05, 0) is 52.7 Å². The fourth-order valence-electron chi connectivity index (χ4n) is 1.44. The number of nitrogen functional groups attached to an aromatic ring is 1. The first kappa shape index (κ1) is 11.9. The second-order valence-corrected chi connectivity index (χ2v) is 4.54. The van der Waals surface area contributed by atoms with Crippen molar-refractivity contribution in [1.82, 2.24) is 4.98 Å². The Morgan fingerprint density at radius 1 is 1.35 bits per heavy atom. The molecule has 0 saturated carbocycles. The summed E-state index contributed by atoms with van der Waals surface area (Å²) in [6.07, 6.45) is 1.56. The lowest BCUT2D eigenvalue weighted by Gasteiger charge is -2.10.